The van der Waals surface area contributed by atoms with E-state index in [1.807, 2.05) is 24.4 Å². The fourth-order valence-corrected chi connectivity index (χ4v) is 2.70. The van der Waals surface area contributed by atoms with Gasteiger partial charge in [-0.1, -0.05) is 29.3 Å². The molecule has 0 bridgehead atoms. The van der Waals surface area contributed by atoms with Crippen molar-refractivity contribution in [2.45, 2.75) is 26.4 Å². The number of aryl methyl sites for hydroxylation is 1. The molecule has 2 rings (SSSR count). The summed E-state index contributed by atoms with van der Waals surface area (Å²) in [4.78, 5) is 5.60. The molecule has 96 valence electrons. The van der Waals surface area contributed by atoms with E-state index in [-0.39, 0.29) is 6.04 Å². The molecule has 1 unspecified atom stereocenters. The lowest BCUT2D eigenvalue weighted by Gasteiger charge is -2.11. The van der Waals surface area contributed by atoms with Crippen LogP contribution in [0.3, 0.4) is 0 Å². The van der Waals surface area contributed by atoms with Crippen molar-refractivity contribution in [2.24, 2.45) is 0 Å². The van der Waals surface area contributed by atoms with Crippen LogP contribution in [0.4, 0.5) is 0 Å². The lowest BCUT2D eigenvalue weighted by Crippen LogP contribution is -2.17. The fraction of sp³-hybridized carbons (Fsp3) is 0.308. The molecule has 0 radical (unpaired) electrons. The van der Waals surface area contributed by atoms with Crippen molar-refractivity contribution in [1.82, 2.24) is 10.3 Å². The average Bonchev–Trinajstić information content (AvgIpc) is 2.77. The summed E-state index contributed by atoms with van der Waals surface area (Å²) in [6, 6.07) is 5.91. The van der Waals surface area contributed by atoms with Crippen molar-refractivity contribution in [2.75, 3.05) is 0 Å². The van der Waals surface area contributed by atoms with Crippen molar-refractivity contribution < 1.29 is 0 Å². The predicted molar refractivity (Wildman–Crippen MR) is 78.6 cm³/mol. The normalized spacial score (nSPS) is 12.7. The van der Waals surface area contributed by atoms with E-state index in [1.165, 1.54) is 4.88 Å². The predicted octanol–water partition coefficient (Wildman–Crippen LogP) is 4.61. The monoisotopic (exact) mass is 300 g/mol. The van der Waals surface area contributed by atoms with E-state index in [0.29, 0.717) is 10.0 Å². The first kappa shape index (κ1) is 13.8. The van der Waals surface area contributed by atoms with E-state index in [4.69, 9.17) is 23.2 Å². The Hall–Kier alpha value is -0.610. The topological polar surface area (TPSA) is 24.9 Å². The highest BCUT2D eigenvalue weighted by atomic mass is 35.5. The molecule has 1 atom stereocenters. The molecule has 0 amide bonds. The summed E-state index contributed by atoms with van der Waals surface area (Å²) < 4.78 is 0. The van der Waals surface area contributed by atoms with Gasteiger partial charge in [0.25, 0.3) is 0 Å². The first-order valence-corrected chi connectivity index (χ1v) is 7.23. The molecule has 5 heteroatoms. The van der Waals surface area contributed by atoms with Gasteiger partial charge in [0.1, 0.15) is 5.01 Å². The Balaban J connectivity index is 1.97. The fourth-order valence-electron chi connectivity index (χ4n) is 1.58. The van der Waals surface area contributed by atoms with Gasteiger partial charge in [0.05, 0.1) is 16.1 Å². The zero-order valence-corrected chi connectivity index (χ0v) is 12.5. The highest BCUT2D eigenvalue weighted by Crippen LogP contribution is 2.23. The Bertz CT molecular complexity index is 540. The Labute approximate surface area is 121 Å². The molecule has 1 aromatic heterocycles. The Kier molecular flexibility index (Phi) is 4.62. The molecule has 18 heavy (non-hydrogen) atoms. The third-order valence-electron chi connectivity index (χ3n) is 2.61. The van der Waals surface area contributed by atoms with Crippen LogP contribution in [0.2, 0.25) is 10.0 Å². The van der Waals surface area contributed by atoms with E-state index in [0.717, 1.165) is 17.1 Å². The molecule has 1 aromatic carbocycles. The maximum absolute atomic E-state index is 5.98. The summed E-state index contributed by atoms with van der Waals surface area (Å²) in [6.45, 7) is 4.92. The zero-order chi connectivity index (χ0) is 13.1. The van der Waals surface area contributed by atoms with Crippen molar-refractivity contribution in [1.29, 1.82) is 0 Å². The van der Waals surface area contributed by atoms with Crippen molar-refractivity contribution in [3.8, 4) is 0 Å². The summed E-state index contributed by atoms with van der Waals surface area (Å²) in [7, 11) is 0. The lowest BCUT2D eigenvalue weighted by atomic mass is 10.2. The largest absolute Gasteiger partial charge is 0.304 e. The molecular formula is C13H14Cl2N2S. The van der Waals surface area contributed by atoms with Crippen LogP contribution in [0.1, 0.15) is 28.4 Å². The van der Waals surface area contributed by atoms with Crippen molar-refractivity contribution >= 4 is 34.5 Å². The van der Waals surface area contributed by atoms with Gasteiger partial charge in [0.15, 0.2) is 0 Å². The number of thiazole rings is 1. The summed E-state index contributed by atoms with van der Waals surface area (Å²) in [5, 5.41) is 5.70. The maximum Gasteiger partial charge on any atom is 0.109 e. The number of hydrogen-bond donors (Lipinski definition) is 1. The van der Waals surface area contributed by atoms with Crippen LogP contribution in [0, 0.1) is 6.92 Å². The van der Waals surface area contributed by atoms with Crippen LogP contribution in [-0.4, -0.2) is 4.98 Å². The number of aromatic nitrogens is 1. The molecule has 1 N–H and O–H groups in total. The van der Waals surface area contributed by atoms with Gasteiger partial charge in [-0.3, -0.25) is 0 Å². The second kappa shape index (κ2) is 6.02. The lowest BCUT2D eigenvalue weighted by molar-refractivity contribution is 0.572. The molecule has 0 aliphatic heterocycles. The Morgan fingerprint density at radius 2 is 2.11 bits per heavy atom. The van der Waals surface area contributed by atoms with E-state index >= 15 is 0 Å². The molecule has 0 aliphatic rings. The van der Waals surface area contributed by atoms with Crippen molar-refractivity contribution in [3.05, 3.63) is 49.9 Å². The molecule has 1 heterocycles. The Morgan fingerprint density at radius 3 is 2.72 bits per heavy atom. The molecule has 2 nitrogen and oxygen atoms in total. The van der Waals surface area contributed by atoms with Crippen molar-refractivity contribution in [3.63, 3.8) is 0 Å². The molecule has 0 spiro atoms. The minimum atomic E-state index is 0.234. The highest BCUT2D eigenvalue weighted by Gasteiger charge is 2.09. The van der Waals surface area contributed by atoms with Crippen LogP contribution < -0.4 is 5.32 Å². The van der Waals surface area contributed by atoms with Crippen LogP contribution in [0.25, 0.3) is 0 Å². The van der Waals surface area contributed by atoms with E-state index in [9.17, 15) is 0 Å². The Morgan fingerprint density at radius 1 is 1.33 bits per heavy atom. The minimum Gasteiger partial charge on any atom is -0.304 e. The summed E-state index contributed by atoms with van der Waals surface area (Å²) in [5.41, 5.74) is 1.12. The first-order chi connectivity index (χ1) is 8.56. The minimum absolute atomic E-state index is 0.234. The van der Waals surface area contributed by atoms with Gasteiger partial charge in [-0.15, -0.1) is 11.3 Å². The molecule has 0 saturated heterocycles. The number of benzene rings is 1. The molecular weight excluding hydrogens is 287 g/mol. The van der Waals surface area contributed by atoms with Crippen LogP contribution in [0.15, 0.2) is 24.4 Å². The van der Waals surface area contributed by atoms with Gasteiger partial charge in [-0.05, 0) is 31.5 Å². The maximum atomic E-state index is 5.98. The smallest absolute Gasteiger partial charge is 0.109 e. The third-order valence-corrected chi connectivity index (χ3v) is 4.44. The number of nitrogens with zero attached hydrogens (tertiary/aromatic N) is 1. The van der Waals surface area contributed by atoms with E-state index in [1.54, 1.807) is 11.3 Å². The van der Waals surface area contributed by atoms with Gasteiger partial charge in [-0.25, -0.2) is 4.98 Å². The van der Waals surface area contributed by atoms with Gasteiger partial charge in [0.2, 0.25) is 0 Å². The molecule has 0 saturated carbocycles. The number of hydrogen-bond acceptors (Lipinski definition) is 3. The second-order valence-corrected chi connectivity index (χ2v) is 6.24. The zero-order valence-electron chi connectivity index (χ0n) is 10.2. The summed E-state index contributed by atoms with van der Waals surface area (Å²) in [5.74, 6) is 0. The summed E-state index contributed by atoms with van der Waals surface area (Å²) >= 11 is 13.6. The van der Waals surface area contributed by atoms with Crippen LogP contribution in [-0.2, 0) is 6.54 Å². The van der Waals surface area contributed by atoms with Gasteiger partial charge in [0, 0.05) is 17.6 Å². The van der Waals surface area contributed by atoms with E-state index in [2.05, 4.69) is 24.1 Å². The standard InChI is InChI=1S/C13H14Cl2N2S/c1-8-6-17-13(18-8)9(2)16-7-10-3-4-11(14)12(15)5-10/h3-6,9,16H,7H2,1-2H3. The van der Waals surface area contributed by atoms with E-state index < -0.39 is 0 Å². The van der Waals surface area contributed by atoms with Gasteiger partial charge < -0.3 is 5.32 Å². The SMILES string of the molecule is Cc1cnc(C(C)NCc2ccc(Cl)c(Cl)c2)s1. The average molecular weight is 301 g/mol. The van der Waals surface area contributed by atoms with Gasteiger partial charge >= 0.3 is 0 Å². The highest BCUT2D eigenvalue weighted by molar-refractivity contribution is 7.11. The number of rotatable bonds is 4. The van der Waals surface area contributed by atoms with Crippen LogP contribution >= 0.6 is 34.5 Å². The molecule has 0 fully saturated rings. The number of nitrogens with one attached hydrogen (secondary N) is 1. The van der Waals surface area contributed by atoms with Crippen LogP contribution in [0.5, 0.6) is 0 Å². The van der Waals surface area contributed by atoms with Gasteiger partial charge in [-0.2, -0.15) is 0 Å². The second-order valence-electron chi connectivity index (χ2n) is 4.16. The first-order valence-electron chi connectivity index (χ1n) is 5.66. The number of halogens is 2. The summed E-state index contributed by atoms with van der Waals surface area (Å²) in [6.07, 6.45) is 1.90. The third kappa shape index (κ3) is 3.45. The quantitative estimate of drug-likeness (QED) is 0.892. The molecule has 2 aromatic rings. The molecule has 0 aliphatic carbocycles.